The van der Waals surface area contributed by atoms with Crippen molar-refractivity contribution in [3.05, 3.63) is 46.5 Å². The lowest BCUT2D eigenvalue weighted by Gasteiger charge is -2.31. The van der Waals surface area contributed by atoms with Crippen LogP contribution < -0.4 is 0 Å². The molecule has 1 aromatic rings. The average molecular weight is 440 g/mol. The summed E-state index contributed by atoms with van der Waals surface area (Å²) in [5.74, 6) is -0.492. The lowest BCUT2D eigenvalue weighted by atomic mass is 9.69. The molecular weight excluding hydrogens is 406 g/mol. The Morgan fingerprint density at radius 2 is 2.06 bits per heavy atom. The van der Waals surface area contributed by atoms with Gasteiger partial charge in [0.1, 0.15) is 5.75 Å². The third kappa shape index (κ3) is 4.26. The van der Waals surface area contributed by atoms with Gasteiger partial charge in [-0.3, -0.25) is 14.5 Å². The van der Waals surface area contributed by atoms with Gasteiger partial charge < -0.3 is 14.6 Å². The Bertz CT molecular complexity index is 949. The lowest BCUT2D eigenvalue weighted by molar-refractivity contribution is -0.138. The molecule has 0 bridgehead atoms. The molecule has 6 heteroatoms. The molecule has 4 rings (SSSR count). The van der Waals surface area contributed by atoms with Crippen molar-refractivity contribution in [3.8, 4) is 5.75 Å². The van der Waals surface area contributed by atoms with Crippen LogP contribution in [0.25, 0.3) is 6.08 Å². The van der Waals surface area contributed by atoms with Crippen molar-refractivity contribution in [2.24, 2.45) is 17.8 Å². The van der Waals surface area contributed by atoms with E-state index < -0.39 is 0 Å². The summed E-state index contributed by atoms with van der Waals surface area (Å²) in [7, 11) is 3.26. The van der Waals surface area contributed by atoms with Crippen LogP contribution in [-0.2, 0) is 19.1 Å². The van der Waals surface area contributed by atoms with Gasteiger partial charge in [-0.15, -0.1) is 0 Å². The molecule has 32 heavy (non-hydrogen) atoms. The quantitative estimate of drug-likeness (QED) is 0.490. The van der Waals surface area contributed by atoms with E-state index in [1.807, 2.05) is 12.1 Å². The van der Waals surface area contributed by atoms with Gasteiger partial charge in [-0.05, 0) is 54.5 Å². The normalized spacial score (nSPS) is 27.8. The van der Waals surface area contributed by atoms with Crippen LogP contribution >= 0.6 is 0 Å². The molecule has 2 aliphatic heterocycles. The van der Waals surface area contributed by atoms with Crippen LogP contribution in [0, 0.1) is 17.8 Å². The number of benzene rings is 1. The molecule has 2 saturated heterocycles. The number of hydrogen-bond donors (Lipinski definition) is 1. The maximum atomic E-state index is 12.8. The molecule has 0 saturated carbocycles. The first-order valence-corrected chi connectivity index (χ1v) is 11.6. The number of imide groups is 1. The van der Waals surface area contributed by atoms with Gasteiger partial charge in [0.25, 0.3) is 0 Å². The fourth-order valence-corrected chi connectivity index (χ4v) is 5.69. The first-order valence-electron chi connectivity index (χ1n) is 11.6. The van der Waals surface area contributed by atoms with Gasteiger partial charge in [0.2, 0.25) is 11.8 Å². The standard InChI is InChI=1S/C26H33NO5/c1-4-6-16(11-17-7-5-8-19(28)12-17)9-10-22-23-18(14-31-3)13-20-24(21(23)15-32-22)26(30)27(2)25(20)29/h5,7-8,11-12,20-22,24,28H,4,6,9-10,13-15H2,1-3H3/b16-11+/t20-,21+,22-,24-/m1/s1. The van der Waals surface area contributed by atoms with Crippen LogP contribution in [0.15, 0.2) is 41.0 Å². The number of methoxy groups -OCH3 is 1. The van der Waals surface area contributed by atoms with E-state index in [0.717, 1.165) is 36.8 Å². The minimum Gasteiger partial charge on any atom is -0.508 e. The van der Waals surface area contributed by atoms with Crippen LogP contribution in [0.5, 0.6) is 5.75 Å². The summed E-state index contributed by atoms with van der Waals surface area (Å²) in [6, 6.07) is 7.30. The fourth-order valence-electron chi connectivity index (χ4n) is 5.69. The summed E-state index contributed by atoms with van der Waals surface area (Å²) >= 11 is 0. The number of likely N-dealkylation sites (tertiary alicyclic amines) is 1. The molecule has 0 aromatic heterocycles. The molecule has 0 radical (unpaired) electrons. The Kier molecular flexibility index (Phi) is 6.82. The number of ether oxygens (including phenoxy) is 2. The number of phenolic OH excluding ortho intramolecular Hbond substituents is 1. The molecule has 0 unspecified atom stereocenters. The van der Waals surface area contributed by atoms with Crippen molar-refractivity contribution in [1.29, 1.82) is 0 Å². The van der Waals surface area contributed by atoms with E-state index in [1.54, 1.807) is 26.3 Å². The Labute approximate surface area is 189 Å². The summed E-state index contributed by atoms with van der Waals surface area (Å²) in [4.78, 5) is 26.7. The minimum absolute atomic E-state index is 0.0324. The van der Waals surface area contributed by atoms with Crippen LogP contribution in [0.1, 0.15) is 44.6 Å². The van der Waals surface area contributed by atoms with Crippen molar-refractivity contribution in [2.75, 3.05) is 27.4 Å². The second-order valence-electron chi connectivity index (χ2n) is 9.18. The number of hydrogen-bond acceptors (Lipinski definition) is 5. The highest BCUT2D eigenvalue weighted by molar-refractivity contribution is 6.05. The number of nitrogens with zero attached hydrogens (tertiary/aromatic N) is 1. The highest BCUT2D eigenvalue weighted by Crippen LogP contribution is 2.49. The van der Waals surface area contributed by atoms with Crippen LogP contribution in [0.2, 0.25) is 0 Å². The maximum Gasteiger partial charge on any atom is 0.233 e. The van der Waals surface area contributed by atoms with Gasteiger partial charge in [0.15, 0.2) is 0 Å². The van der Waals surface area contributed by atoms with E-state index in [0.29, 0.717) is 19.6 Å². The Hall–Kier alpha value is -2.44. The zero-order valence-corrected chi connectivity index (χ0v) is 19.2. The average Bonchev–Trinajstić information content (AvgIpc) is 3.28. The number of carbonyl (C=O) groups excluding carboxylic acids is 2. The van der Waals surface area contributed by atoms with Crippen LogP contribution in [-0.4, -0.2) is 55.3 Å². The van der Waals surface area contributed by atoms with Crippen LogP contribution in [0.4, 0.5) is 0 Å². The second-order valence-corrected chi connectivity index (χ2v) is 9.18. The SMILES string of the molecule is CCC/C(=C\c1cccc(O)c1)CC[C@H]1OC[C@H]2C1=C(COC)C[C@H]1C(=O)N(C)C(=O)[C@H]12. The van der Waals surface area contributed by atoms with E-state index in [9.17, 15) is 14.7 Å². The van der Waals surface area contributed by atoms with Gasteiger partial charge in [-0.25, -0.2) is 0 Å². The lowest BCUT2D eigenvalue weighted by Crippen LogP contribution is -2.34. The topological polar surface area (TPSA) is 76.1 Å². The number of fused-ring (bicyclic) bond motifs is 3. The van der Waals surface area contributed by atoms with Crippen LogP contribution in [0.3, 0.4) is 0 Å². The van der Waals surface area contributed by atoms with Crippen molar-refractivity contribution in [2.45, 2.75) is 45.1 Å². The van der Waals surface area contributed by atoms with Gasteiger partial charge in [-0.1, -0.05) is 37.1 Å². The monoisotopic (exact) mass is 439 g/mol. The third-order valence-electron chi connectivity index (χ3n) is 7.09. The number of amides is 2. The van der Waals surface area contributed by atoms with E-state index in [1.165, 1.54) is 16.0 Å². The molecule has 6 nitrogen and oxygen atoms in total. The van der Waals surface area contributed by atoms with Crippen molar-refractivity contribution in [1.82, 2.24) is 4.90 Å². The van der Waals surface area contributed by atoms with E-state index in [-0.39, 0.29) is 41.4 Å². The number of phenols is 1. The molecule has 172 valence electrons. The third-order valence-corrected chi connectivity index (χ3v) is 7.09. The maximum absolute atomic E-state index is 12.8. The van der Waals surface area contributed by atoms with E-state index in [4.69, 9.17) is 9.47 Å². The highest BCUT2D eigenvalue weighted by atomic mass is 16.5. The zero-order chi connectivity index (χ0) is 22.8. The molecule has 1 N–H and O–H groups in total. The fraction of sp³-hybridized carbons (Fsp3) is 0.538. The number of aromatic hydroxyl groups is 1. The predicted molar refractivity (Wildman–Crippen MR) is 122 cm³/mol. The first kappa shape index (κ1) is 22.7. The van der Waals surface area contributed by atoms with Gasteiger partial charge in [0.05, 0.1) is 31.2 Å². The molecule has 0 spiro atoms. The van der Waals surface area contributed by atoms with E-state index in [2.05, 4.69) is 13.0 Å². The molecule has 4 atom stereocenters. The first-order chi connectivity index (χ1) is 15.4. The number of rotatable bonds is 8. The smallest absolute Gasteiger partial charge is 0.233 e. The van der Waals surface area contributed by atoms with Gasteiger partial charge in [0, 0.05) is 20.1 Å². The highest BCUT2D eigenvalue weighted by Gasteiger charge is 2.55. The molecule has 2 heterocycles. The number of carbonyl (C=O) groups is 2. The Morgan fingerprint density at radius 3 is 2.78 bits per heavy atom. The molecule has 1 aromatic carbocycles. The molecule has 2 amide bonds. The Morgan fingerprint density at radius 1 is 1.25 bits per heavy atom. The Balaban J connectivity index is 1.55. The molecular formula is C26H33NO5. The van der Waals surface area contributed by atoms with E-state index >= 15 is 0 Å². The summed E-state index contributed by atoms with van der Waals surface area (Å²) in [5, 5.41) is 9.78. The summed E-state index contributed by atoms with van der Waals surface area (Å²) in [6.45, 7) is 3.12. The molecule has 2 fully saturated rings. The van der Waals surface area contributed by atoms with Crippen molar-refractivity contribution < 1.29 is 24.2 Å². The molecule has 1 aliphatic carbocycles. The zero-order valence-electron chi connectivity index (χ0n) is 19.2. The summed E-state index contributed by atoms with van der Waals surface area (Å²) in [5.41, 5.74) is 4.64. The van der Waals surface area contributed by atoms with Crippen molar-refractivity contribution in [3.63, 3.8) is 0 Å². The van der Waals surface area contributed by atoms with Gasteiger partial charge >= 0.3 is 0 Å². The molecule has 3 aliphatic rings. The minimum atomic E-state index is -0.300. The number of allylic oxidation sites excluding steroid dienone is 1. The largest absolute Gasteiger partial charge is 0.508 e. The summed E-state index contributed by atoms with van der Waals surface area (Å²) in [6.07, 6.45) is 6.43. The van der Waals surface area contributed by atoms with Crippen molar-refractivity contribution >= 4 is 17.9 Å². The predicted octanol–water partition coefficient (Wildman–Crippen LogP) is 3.95. The summed E-state index contributed by atoms with van der Waals surface area (Å²) < 4.78 is 11.7. The van der Waals surface area contributed by atoms with Gasteiger partial charge in [-0.2, -0.15) is 0 Å². The second kappa shape index (κ2) is 9.59.